The predicted molar refractivity (Wildman–Crippen MR) is 217 cm³/mol. The molecule has 53 heavy (non-hydrogen) atoms. The molecular formula is C43H69O9P. The van der Waals surface area contributed by atoms with Crippen LogP contribution in [0.3, 0.4) is 0 Å². The van der Waals surface area contributed by atoms with Crippen LogP contribution in [0.15, 0.2) is 97.2 Å². The molecule has 0 rings (SSSR count). The average molecular weight is 761 g/mol. The van der Waals surface area contributed by atoms with Crippen molar-refractivity contribution in [3.05, 3.63) is 97.2 Å². The first-order valence-electron chi connectivity index (χ1n) is 19.6. The van der Waals surface area contributed by atoms with E-state index in [0.29, 0.717) is 19.3 Å². The first-order valence-corrected chi connectivity index (χ1v) is 21.2. The van der Waals surface area contributed by atoms with Gasteiger partial charge in [0.05, 0.1) is 12.7 Å². The van der Waals surface area contributed by atoms with Gasteiger partial charge in [-0.25, -0.2) is 4.57 Å². The van der Waals surface area contributed by atoms with Gasteiger partial charge in [0, 0.05) is 12.8 Å². The van der Waals surface area contributed by atoms with Crippen molar-refractivity contribution in [1.29, 1.82) is 0 Å². The number of allylic oxidation sites excluding steroid dienone is 15. The first kappa shape index (κ1) is 49.9. The van der Waals surface area contributed by atoms with E-state index in [4.69, 9.17) is 19.3 Å². The van der Waals surface area contributed by atoms with Crippen LogP contribution in [0.2, 0.25) is 0 Å². The van der Waals surface area contributed by atoms with Crippen molar-refractivity contribution in [2.24, 2.45) is 0 Å². The second-order valence-corrected chi connectivity index (χ2v) is 13.9. The molecule has 0 aromatic heterocycles. The zero-order chi connectivity index (χ0) is 39.1. The Morgan fingerprint density at radius 2 is 1.08 bits per heavy atom. The number of esters is 2. The lowest BCUT2D eigenvalue weighted by molar-refractivity contribution is -0.161. The zero-order valence-electron chi connectivity index (χ0n) is 32.5. The summed E-state index contributed by atoms with van der Waals surface area (Å²) in [7, 11) is -4.79. The number of carbonyl (C=O) groups excluding carboxylic acids is 2. The van der Waals surface area contributed by atoms with Gasteiger partial charge in [-0.1, -0.05) is 143 Å². The lowest BCUT2D eigenvalue weighted by Crippen LogP contribution is -2.29. The maximum atomic E-state index is 12.4. The number of hydrogen-bond acceptors (Lipinski definition) is 7. The third-order valence-corrected chi connectivity index (χ3v) is 8.19. The molecule has 0 heterocycles. The van der Waals surface area contributed by atoms with Crippen LogP contribution >= 0.6 is 7.82 Å². The number of unbranched alkanes of at least 4 members (excludes halogenated alkanes) is 7. The minimum absolute atomic E-state index is 0.146. The van der Waals surface area contributed by atoms with Crippen LogP contribution in [0.5, 0.6) is 0 Å². The van der Waals surface area contributed by atoms with Gasteiger partial charge in [-0.05, 0) is 77.0 Å². The molecule has 0 aliphatic rings. The van der Waals surface area contributed by atoms with Crippen molar-refractivity contribution in [3.8, 4) is 0 Å². The summed E-state index contributed by atoms with van der Waals surface area (Å²) in [6.45, 7) is 3.31. The summed E-state index contributed by atoms with van der Waals surface area (Å²) in [5, 5.41) is 10.1. The summed E-state index contributed by atoms with van der Waals surface area (Å²) < 4.78 is 26.3. The summed E-state index contributed by atoms with van der Waals surface area (Å²) >= 11 is 0. The zero-order valence-corrected chi connectivity index (χ0v) is 33.4. The number of rotatable bonds is 34. The highest BCUT2D eigenvalue weighted by Crippen LogP contribution is 2.36. The van der Waals surface area contributed by atoms with Crippen molar-refractivity contribution in [3.63, 3.8) is 0 Å². The van der Waals surface area contributed by atoms with E-state index in [1.165, 1.54) is 0 Å². The Labute approximate surface area is 320 Å². The molecule has 1 unspecified atom stereocenters. The number of phosphoric ester groups is 1. The summed E-state index contributed by atoms with van der Waals surface area (Å²) in [5.41, 5.74) is 0. The number of aliphatic hydroxyl groups excluding tert-OH is 1. The van der Waals surface area contributed by atoms with Crippen molar-refractivity contribution >= 4 is 19.8 Å². The Kier molecular flexibility index (Phi) is 35.1. The minimum atomic E-state index is -4.79. The molecule has 3 N–H and O–H groups in total. The molecule has 0 aromatic carbocycles. The van der Waals surface area contributed by atoms with Gasteiger partial charge in [0.2, 0.25) is 0 Å². The van der Waals surface area contributed by atoms with Crippen LogP contribution in [0, 0.1) is 0 Å². The lowest BCUT2D eigenvalue weighted by atomic mass is 10.1. The van der Waals surface area contributed by atoms with Crippen molar-refractivity contribution < 1.29 is 43.0 Å². The molecule has 2 atom stereocenters. The molecule has 300 valence electrons. The molecule has 0 saturated heterocycles. The Hall–Kier alpha value is -3.07. The van der Waals surface area contributed by atoms with Gasteiger partial charge in [-0.15, -0.1) is 0 Å². The number of ether oxygens (including phenoxy) is 2. The number of carbonyl (C=O) groups is 2. The lowest BCUT2D eigenvalue weighted by Gasteiger charge is -2.18. The molecular weight excluding hydrogens is 691 g/mol. The molecule has 0 aromatic rings. The molecule has 0 aliphatic heterocycles. The summed E-state index contributed by atoms with van der Waals surface area (Å²) in [4.78, 5) is 42.8. The molecule has 10 heteroatoms. The highest BCUT2D eigenvalue weighted by molar-refractivity contribution is 7.46. The highest BCUT2D eigenvalue weighted by Gasteiger charge is 2.22. The molecule has 0 aliphatic carbocycles. The van der Waals surface area contributed by atoms with Crippen LogP contribution in [-0.4, -0.2) is 52.3 Å². The Balaban J connectivity index is 4.14. The fraction of sp³-hybridized carbons (Fsp3) is 0.581. The predicted octanol–water partition coefficient (Wildman–Crippen LogP) is 10.8. The topological polar surface area (TPSA) is 140 Å². The second kappa shape index (κ2) is 37.3. The van der Waals surface area contributed by atoms with Crippen LogP contribution in [0.4, 0.5) is 0 Å². The molecule has 9 nitrogen and oxygen atoms in total. The SMILES string of the molecule is CC/C=C\C/C=C\C/C=C\C/C=C\C/C=C\CCCCCC(=O)O[C@H](COC(=O)CCCCCCCC(O)/C=C/C=C/C/C=C/CC)COP(=O)(O)O. The monoisotopic (exact) mass is 760 g/mol. The molecule has 0 amide bonds. The van der Waals surface area contributed by atoms with E-state index in [9.17, 15) is 19.3 Å². The van der Waals surface area contributed by atoms with E-state index < -0.39 is 38.6 Å². The summed E-state index contributed by atoms with van der Waals surface area (Å²) in [6.07, 6.45) is 47.2. The van der Waals surface area contributed by atoms with Crippen molar-refractivity contribution in [2.45, 2.75) is 148 Å². The van der Waals surface area contributed by atoms with E-state index in [2.05, 4.69) is 91.3 Å². The van der Waals surface area contributed by atoms with Crippen LogP contribution in [0.25, 0.3) is 0 Å². The maximum absolute atomic E-state index is 12.4. The number of aliphatic hydroxyl groups is 1. The van der Waals surface area contributed by atoms with E-state index >= 15 is 0 Å². The molecule has 0 bridgehead atoms. The van der Waals surface area contributed by atoms with Gasteiger partial charge < -0.3 is 24.4 Å². The van der Waals surface area contributed by atoms with Gasteiger partial charge in [0.1, 0.15) is 6.61 Å². The van der Waals surface area contributed by atoms with Gasteiger partial charge in [0.15, 0.2) is 6.10 Å². The minimum Gasteiger partial charge on any atom is -0.462 e. The van der Waals surface area contributed by atoms with E-state index in [1.807, 2.05) is 18.2 Å². The molecule has 0 fully saturated rings. The molecule has 0 saturated carbocycles. The number of phosphoric acid groups is 1. The maximum Gasteiger partial charge on any atom is 0.469 e. The fourth-order valence-electron chi connectivity index (χ4n) is 4.82. The largest absolute Gasteiger partial charge is 0.469 e. The smallest absolute Gasteiger partial charge is 0.462 e. The summed E-state index contributed by atoms with van der Waals surface area (Å²) in [5.74, 6) is -1.01. The van der Waals surface area contributed by atoms with E-state index in [1.54, 1.807) is 6.08 Å². The Bertz CT molecular complexity index is 1190. The van der Waals surface area contributed by atoms with Gasteiger partial charge in [-0.2, -0.15) is 0 Å². The molecule has 0 spiro atoms. The third kappa shape index (κ3) is 40.0. The summed E-state index contributed by atoms with van der Waals surface area (Å²) in [6, 6.07) is 0. The van der Waals surface area contributed by atoms with Crippen LogP contribution < -0.4 is 0 Å². The van der Waals surface area contributed by atoms with Gasteiger partial charge in [-0.3, -0.25) is 14.1 Å². The Morgan fingerprint density at radius 3 is 1.66 bits per heavy atom. The first-order chi connectivity index (χ1) is 25.7. The third-order valence-electron chi connectivity index (χ3n) is 7.70. The van der Waals surface area contributed by atoms with Crippen molar-refractivity contribution in [1.82, 2.24) is 0 Å². The van der Waals surface area contributed by atoms with Crippen LogP contribution in [0.1, 0.15) is 136 Å². The Morgan fingerprint density at radius 1 is 0.585 bits per heavy atom. The number of hydrogen-bond donors (Lipinski definition) is 3. The van der Waals surface area contributed by atoms with Gasteiger partial charge >= 0.3 is 19.8 Å². The van der Waals surface area contributed by atoms with Gasteiger partial charge in [0.25, 0.3) is 0 Å². The highest BCUT2D eigenvalue weighted by atomic mass is 31.2. The normalized spacial score (nSPS) is 14.1. The van der Waals surface area contributed by atoms with Crippen LogP contribution in [-0.2, 0) is 28.2 Å². The van der Waals surface area contributed by atoms with E-state index in [-0.39, 0.29) is 19.4 Å². The molecule has 0 radical (unpaired) electrons. The second-order valence-electron chi connectivity index (χ2n) is 12.7. The van der Waals surface area contributed by atoms with Crippen molar-refractivity contribution in [2.75, 3.05) is 13.2 Å². The average Bonchev–Trinajstić information content (AvgIpc) is 3.12. The van der Waals surface area contributed by atoms with E-state index in [0.717, 1.165) is 89.9 Å². The standard InChI is InChI=1S/C43H69O9P/c1-3-5-7-9-11-12-13-14-15-16-17-18-19-20-21-22-24-28-33-37-43(46)52-41(39-51-53(47,48)49)38-50-42(45)36-32-29-25-27-31-35-40(44)34-30-26-23-10-8-6-4-2/h5-8,11-12,14-15,17-18,20-21,23,26,30,34,40-41,44H,3-4,9-10,13,16,19,22,24-25,27-29,31-33,35-39H2,1-2H3,(H2,47,48,49)/b7-5-,8-6+,12-11-,15-14-,18-17-,21-20-,26-23+,34-30+/t40?,41-/m1/s1. The quantitative estimate of drug-likeness (QED) is 0.0192. The fourth-order valence-corrected chi connectivity index (χ4v) is 5.18.